The van der Waals surface area contributed by atoms with Gasteiger partial charge in [-0.2, -0.15) is 0 Å². The third-order valence-corrected chi connectivity index (χ3v) is 3.37. The van der Waals surface area contributed by atoms with Crippen molar-refractivity contribution in [2.75, 3.05) is 12.8 Å². The third kappa shape index (κ3) is 3.32. The molecule has 17 heavy (non-hydrogen) atoms. The Bertz CT molecular complexity index is 531. The van der Waals surface area contributed by atoms with Crippen molar-refractivity contribution in [1.82, 2.24) is 0 Å². The van der Waals surface area contributed by atoms with Crippen molar-refractivity contribution in [3.05, 3.63) is 47.5 Å². The molecule has 0 bridgehead atoms. The molecule has 0 aliphatic rings. The van der Waals surface area contributed by atoms with Crippen LogP contribution in [0.4, 0.5) is 5.69 Å². The van der Waals surface area contributed by atoms with Crippen LogP contribution in [0, 0.1) is 0 Å². The summed E-state index contributed by atoms with van der Waals surface area (Å²) in [6.45, 7) is 0. The number of ether oxygens (including phenoxy) is 1. The summed E-state index contributed by atoms with van der Waals surface area (Å²) in [5, 5.41) is 0.728. The smallest absolute Gasteiger partial charge is 0.122 e. The number of rotatable bonds is 3. The molecular formula is C13H12ClNOS. The first-order chi connectivity index (χ1) is 8.17. The van der Waals surface area contributed by atoms with Crippen molar-refractivity contribution in [2.45, 2.75) is 9.79 Å². The van der Waals surface area contributed by atoms with Crippen LogP contribution < -0.4 is 10.5 Å². The van der Waals surface area contributed by atoms with E-state index in [1.54, 1.807) is 24.9 Å². The van der Waals surface area contributed by atoms with Crippen LogP contribution in [0.25, 0.3) is 0 Å². The second-order valence-corrected chi connectivity index (χ2v) is 5.08. The van der Waals surface area contributed by atoms with E-state index < -0.39 is 0 Å². The fraction of sp³-hybridized carbons (Fsp3) is 0.0769. The maximum Gasteiger partial charge on any atom is 0.122 e. The van der Waals surface area contributed by atoms with Gasteiger partial charge in [0.15, 0.2) is 0 Å². The molecule has 0 saturated heterocycles. The molecule has 2 rings (SSSR count). The van der Waals surface area contributed by atoms with Gasteiger partial charge in [0.25, 0.3) is 0 Å². The van der Waals surface area contributed by atoms with Gasteiger partial charge in [0, 0.05) is 26.6 Å². The van der Waals surface area contributed by atoms with Crippen LogP contribution >= 0.6 is 23.4 Å². The normalized spacial score (nSPS) is 10.2. The standard InChI is InChI=1S/C13H12ClNOS/c1-16-11-6-10(15)7-13(8-11)17-12-4-2-3-9(14)5-12/h2-8H,15H2,1H3. The molecule has 2 aromatic carbocycles. The minimum absolute atomic E-state index is 0.689. The van der Waals surface area contributed by atoms with Gasteiger partial charge >= 0.3 is 0 Å². The summed E-state index contributed by atoms with van der Waals surface area (Å²) in [7, 11) is 1.63. The van der Waals surface area contributed by atoms with Crippen LogP contribution in [-0.4, -0.2) is 7.11 Å². The van der Waals surface area contributed by atoms with Crippen LogP contribution in [-0.2, 0) is 0 Å². The Kier molecular flexibility index (Phi) is 3.82. The number of hydrogen-bond acceptors (Lipinski definition) is 3. The Labute approximate surface area is 110 Å². The lowest BCUT2D eigenvalue weighted by molar-refractivity contribution is 0.414. The summed E-state index contributed by atoms with van der Waals surface area (Å²) in [6.07, 6.45) is 0. The Morgan fingerprint density at radius 2 is 1.94 bits per heavy atom. The maximum atomic E-state index is 5.94. The minimum atomic E-state index is 0.689. The first-order valence-electron chi connectivity index (χ1n) is 5.05. The molecule has 0 aliphatic heterocycles. The molecule has 2 aromatic rings. The van der Waals surface area contributed by atoms with Gasteiger partial charge in [-0.1, -0.05) is 29.4 Å². The van der Waals surface area contributed by atoms with E-state index in [4.69, 9.17) is 22.1 Å². The highest BCUT2D eigenvalue weighted by Gasteiger charge is 2.02. The largest absolute Gasteiger partial charge is 0.497 e. The van der Waals surface area contributed by atoms with Crippen LogP contribution in [0.2, 0.25) is 5.02 Å². The van der Waals surface area contributed by atoms with Crippen molar-refractivity contribution < 1.29 is 4.74 Å². The highest BCUT2D eigenvalue weighted by molar-refractivity contribution is 7.99. The number of halogens is 1. The van der Waals surface area contributed by atoms with Crippen molar-refractivity contribution in [2.24, 2.45) is 0 Å². The second-order valence-electron chi connectivity index (χ2n) is 3.50. The quantitative estimate of drug-likeness (QED) is 0.850. The molecule has 0 aliphatic carbocycles. The summed E-state index contributed by atoms with van der Waals surface area (Å²) < 4.78 is 5.18. The molecule has 0 spiro atoms. The first-order valence-corrected chi connectivity index (χ1v) is 6.25. The van der Waals surface area contributed by atoms with Crippen LogP contribution in [0.15, 0.2) is 52.3 Å². The summed E-state index contributed by atoms with van der Waals surface area (Å²) in [5.74, 6) is 0.759. The summed E-state index contributed by atoms with van der Waals surface area (Å²) >= 11 is 7.54. The zero-order chi connectivity index (χ0) is 12.3. The predicted octanol–water partition coefficient (Wildman–Crippen LogP) is 4.08. The Morgan fingerprint density at radius 1 is 1.12 bits per heavy atom. The zero-order valence-electron chi connectivity index (χ0n) is 9.31. The summed E-state index contributed by atoms with van der Waals surface area (Å²) in [4.78, 5) is 2.11. The number of benzene rings is 2. The first kappa shape index (κ1) is 12.1. The molecule has 2 nitrogen and oxygen atoms in total. The Morgan fingerprint density at radius 3 is 2.65 bits per heavy atom. The highest BCUT2D eigenvalue weighted by atomic mass is 35.5. The van der Waals surface area contributed by atoms with Crippen LogP contribution in [0.1, 0.15) is 0 Å². The van der Waals surface area contributed by atoms with E-state index in [1.807, 2.05) is 36.4 Å². The van der Waals surface area contributed by atoms with Gasteiger partial charge in [-0.05, 0) is 30.3 Å². The van der Waals surface area contributed by atoms with Gasteiger partial charge in [-0.15, -0.1) is 0 Å². The minimum Gasteiger partial charge on any atom is -0.497 e. The van der Waals surface area contributed by atoms with Gasteiger partial charge in [0.1, 0.15) is 5.75 Å². The monoisotopic (exact) mass is 265 g/mol. The van der Waals surface area contributed by atoms with E-state index >= 15 is 0 Å². The maximum absolute atomic E-state index is 5.94. The number of nitrogens with two attached hydrogens (primary N) is 1. The van der Waals surface area contributed by atoms with Gasteiger partial charge in [-0.3, -0.25) is 0 Å². The van der Waals surface area contributed by atoms with E-state index in [0.29, 0.717) is 5.69 Å². The van der Waals surface area contributed by atoms with Gasteiger partial charge < -0.3 is 10.5 Å². The van der Waals surface area contributed by atoms with E-state index in [9.17, 15) is 0 Å². The molecule has 0 unspecified atom stereocenters. The third-order valence-electron chi connectivity index (χ3n) is 2.17. The highest BCUT2D eigenvalue weighted by Crippen LogP contribution is 2.33. The number of methoxy groups -OCH3 is 1. The molecular weight excluding hydrogens is 254 g/mol. The van der Waals surface area contributed by atoms with Crippen molar-refractivity contribution >= 4 is 29.1 Å². The zero-order valence-corrected chi connectivity index (χ0v) is 10.9. The van der Waals surface area contributed by atoms with E-state index in [1.165, 1.54) is 0 Å². The number of anilines is 1. The van der Waals surface area contributed by atoms with Crippen LogP contribution in [0.5, 0.6) is 5.75 Å². The van der Waals surface area contributed by atoms with E-state index in [0.717, 1.165) is 20.6 Å². The van der Waals surface area contributed by atoms with Gasteiger partial charge in [0.05, 0.1) is 7.11 Å². The van der Waals surface area contributed by atoms with E-state index in [2.05, 4.69) is 0 Å². The summed E-state index contributed by atoms with van der Waals surface area (Å²) in [5.41, 5.74) is 6.49. The number of nitrogen functional groups attached to an aromatic ring is 1. The Balaban J connectivity index is 2.26. The fourth-order valence-electron chi connectivity index (χ4n) is 1.44. The molecule has 4 heteroatoms. The fourth-order valence-corrected chi connectivity index (χ4v) is 2.67. The lowest BCUT2D eigenvalue weighted by atomic mass is 10.3. The molecule has 0 aromatic heterocycles. The lowest BCUT2D eigenvalue weighted by Gasteiger charge is -2.06. The molecule has 88 valence electrons. The van der Waals surface area contributed by atoms with Crippen LogP contribution in [0.3, 0.4) is 0 Å². The Hall–Kier alpha value is -1.32. The molecule has 0 fully saturated rings. The molecule has 2 N–H and O–H groups in total. The molecule has 0 saturated carbocycles. The van der Waals surface area contributed by atoms with Gasteiger partial charge in [0.2, 0.25) is 0 Å². The lowest BCUT2D eigenvalue weighted by Crippen LogP contribution is -1.89. The summed E-state index contributed by atoms with van der Waals surface area (Å²) in [6, 6.07) is 13.4. The van der Waals surface area contributed by atoms with Gasteiger partial charge in [-0.25, -0.2) is 0 Å². The van der Waals surface area contributed by atoms with Crippen molar-refractivity contribution in [3.63, 3.8) is 0 Å². The molecule has 0 atom stereocenters. The van der Waals surface area contributed by atoms with Crippen molar-refractivity contribution in [1.29, 1.82) is 0 Å². The second kappa shape index (κ2) is 5.34. The average Bonchev–Trinajstić information content (AvgIpc) is 2.28. The molecule has 0 heterocycles. The van der Waals surface area contributed by atoms with E-state index in [-0.39, 0.29) is 0 Å². The average molecular weight is 266 g/mol. The predicted molar refractivity (Wildman–Crippen MR) is 73.0 cm³/mol. The molecule has 0 amide bonds. The molecule has 0 radical (unpaired) electrons. The SMILES string of the molecule is COc1cc(N)cc(Sc2cccc(Cl)c2)c1. The number of hydrogen-bond donors (Lipinski definition) is 1. The topological polar surface area (TPSA) is 35.2 Å². The van der Waals surface area contributed by atoms with Crippen molar-refractivity contribution in [3.8, 4) is 5.75 Å².